The third kappa shape index (κ3) is 3.75. The van der Waals surface area contributed by atoms with Crippen LogP contribution in [0.25, 0.3) is 0 Å². The predicted molar refractivity (Wildman–Crippen MR) is 81.6 cm³/mol. The van der Waals surface area contributed by atoms with Crippen LogP contribution in [-0.4, -0.2) is 50.2 Å². The highest BCUT2D eigenvalue weighted by Gasteiger charge is 2.22. The molecule has 1 aliphatic rings. The number of nitrogens with zero attached hydrogens (tertiary/aromatic N) is 2. The number of hydrogen-bond donors (Lipinski definition) is 0. The molecule has 0 spiro atoms. The summed E-state index contributed by atoms with van der Waals surface area (Å²) in [5.74, 6) is 2.34. The molecule has 1 atom stereocenters. The molecular formula is C14H18N2O2S2. The molecule has 0 bridgehead atoms. The SMILES string of the molecule is CN(CCS(=O)(=O)c1cccc(C#N)c1)C1CCSC1. The van der Waals surface area contributed by atoms with Crippen LogP contribution in [0.2, 0.25) is 0 Å². The van der Waals surface area contributed by atoms with Crippen LogP contribution in [0.4, 0.5) is 0 Å². The van der Waals surface area contributed by atoms with E-state index in [9.17, 15) is 8.42 Å². The molecule has 1 aromatic carbocycles. The fourth-order valence-electron chi connectivity index (χ4n) is 2.19. The lowest BCUT2D eigenvalue weighted by atomic mass is 10.2. The molecule has 0 saturated carbocycles. The lowest BCUT2D eigenvalue weighted by molar-refractivity contribution is 0.277. The second-order valence-electron chi connectivity index (χ2n) is 4.96. The Morgan fingerprint density at radius 2 is 2.30 bits per heavy atom. The summed E-state index contributed by atoms with van der Waals surface area (Å²) in [6.07, 6.45) is 1.13. The van der Waals surface area contributed by atoms with Gasteiger partial charge in [-0.25, -0.2) is 8.42 Å². The molecule has 0 N–H and O–H groups in total. The van der Waals surface area contributed by atoms with E-state index in [1.165, 1.54) is 6.07 Å². The molecule has 0 radical (unpaired) electrons. The van der Waals surface area contributed by atoms with Crippen LogP contribution >= 0.6 is 11.8 Å². The second-order valence-corrected chi connectivity index (χ2v) is 8.22. The van der Waals surface area contributed by atoms with Crippen molar-refractivity contribution in [2.75, 3.05) is 30.9 Å². The van der Waals surface area contributed by atoms with Crippen molar-refractivity contribution in [1.82, 2.24) is 4.90 Å². The molecule has 1 saturated heterocycles. The smallest absolute Gasteiger partial charge is 0.179 e. The van der Waals surface area contributed by atoms with Gasteiger partial charge in [-0.2, -0.15) is 17.0 Å². The first kappa shape index (κ1) is 15.4. The van der Waals surface area contributed by atoms with Crippen LogP contribution in [0.15, 0.2) is 29.2 Å². The Bertz CT molecular complexity index is 602. The average molecular weight is 310 g/mol. The number of sulfone groups is 1. The average Bonchev–Trinajstić information content (AvgIpc) is 2.99. The van der Waals surface area contributed by atoms with E-state index in [2.05, 4.69) is 4.90 Å². The fourth-order valence-corrected chi connectivity index (χ4v) is 4.85. The molecule has 6 heteroatoms. The van der Waals surface area contributed by atoms with E-state index >= 15 is 0 Å². The summed E-state index contributed by atoms with van der Waals surface area (Å²) in [5.41, 5.74) is 0.381. The molecular weight excluding hydrogens is 292 g/mol. The van der Waals surface area contributed by atoms with Crippen molar-refractivity contribution in [1.29, 1.82) is 5.26 Å². The molecule has 1 aliphatic heterocycles. The molecule has 108 valence electrons. The summed E-state index contributed by atoms with van der Waals surface area (Å²) in [6.45, 7) is 0.532. The van der Waals surface area contributed by atoms with Crippen molar-refractivity contribution in [3.8, 4) is 6.07 Å². The minimum Gasteiger partial charge on any atom is -0.302 e. The maximum Gasteiger partial charge on any atom is 0.179 e. The molecule has 0 aliphatic carbocycles. The van der Waals surface area contributed by atoms with E-state index in [-0.39, 0.29) is 10.6 Å². The summed E-state index contributed by atoms with van der Waals surface area (Å²) in [7, 11) is -1.33. The van der Waals surface area contributed by atoms with Gasteiger partial charge in [-0.1, -0.05) is 6.07 Å². The normalized spacial score (nSPS) is 19.1. The minimum atomic E-state index is -3.32. The van der Waals surface area contributed by atoms with Crippen LogP contribution < -0.4 is 0 Å². The highest BCUT2D eigenvalue weighted by Crippen LogP contribution is 2.21. The predicted octanol–water partition coefficient (Wildman–Crippen LogP) is 1.77. The van der Waals surface area contributed by atoms with Gasteiger partial charge in [0.15, 0.2) is 9.84 Å². The van der Waals surface area contributed by atoms with Crippen LogP contribution in [0.1, 0.15) is 12.0 Å². The lowest BCUT2D eigenvalue weighted by Gasteiger charge is -2.23. The van der Waals surface area contributed by atoms with Crippen molar-refractivity contribution >= 4 is 21.6 Å². The van der Waals surface area contributed by atoms with Gasteiger partial charge in [0.05, 0.1) is 22.3 Å². The van der Waals surface area contributed by atoms with Gasteiger partial charge >= 0.3 is 0 Å². The van der Waals surface area contributed by atoms with Crippen molar-refractivity contribution in [2.24, 2.45) is 0 Å². The van der Waals surface area contributed by atoms with Gasteiger partial charge in [0, 0.05) is 18.3 Å². The Labute approximate surface area is 124 Å². The van der Waals surface area contributed by atoms with Gasteiger partial charge in [0.1, 0.15) is 0 Å². The molecule has 0 aromatic heterocycles. The topological polar surface area (TPSA) is 61.2 Å². The zero-order chi connectivity index (χ0) is 14.6. The Morgan fingerprint density at radius 1 is 1.50 bits per heavy atom. The second kappa shape index (κ2) is 6.61. The molecule has 1 heterocycles. The van der Waals surface area contributed by atoms with E-state index in [0.29, 0.717) is 18.2 Å². The van der Waals surface area contributed by atoms with E-state index in [1.807, 2.05) is 24.9 Å². The summed E-state index contributed by atoms with van der Waals surface area (Å²) in [6, 6.07) is 8.69. The first-order chi connectivity index (χ1) is 9.53. The Morgan fingerprint density at radius 3 is 2.95 bits per heavy atom. The van der Waals surface area contributed by atoms with Gasteiger partial charge in [-0.3, -0.25) is 0 Å². The molecule has 20 heavy (non-hydrogen) atoms. The number of hydrogen-bond acceptors (Lipinski definition) is 5. The van der Waals surface area contributed by atoms with Crippen molar-refractivity contribution in [3.05, 3.63) is 29.8 Å². The van der Waals surface area contributed by atoms with Gasteiger partial charge in [-0.15, -0.1) is 0 Å². The summed E-state index contributed by atoms with van der Waals surface area (Å²) < 4.78 is 24.6. The maximum atomic E-state index is 12.3. The molecule has 1 fully saturated rings. The van der Waals surface area contributed by atoms with E-state index in [4.69, 9.17) is 5.26 Å². The largest absolute Gasteiger partial charge is 0.302 e. The number of benzene rings is 1. The Hall–Kier alpha value is -1.03. The van der Waals surface area contributed by atoms with E-state index < -0.39 is 9.84 Å². The maximum absolute atomic E-state index is 12.3. The summed E-state index contributed by atoms with van der Waals surface area (Å²) in [4.78, 5) is 2.37. The standard InChI is InChI=1S/C14H18N2O2S2/c1-16(13-5-7-19-11-13)6-8-20(17,18)14-4-2-3-12(9-14)10-15/h2-4,9,13H,5-8,11H2,1H3. The van der Waals surface area contributed by atoms with Crippen LogP contribution in [0, 0.1) is 11.3 Å². The highest BCUT2D eigenvalue weighted by molar-refractivity contribution is 7.99. The van der Waals surface area contributed by atoms with Gasteiger partial charge < -0.3 is 4.90 Å². The van der Waals surface area contributed by atoms with Gasteiger partial charge in [-0.05, 0) is 37.4 Å². The highest BCUT2D eigenvalue weighted by atomic mass is 32.2. The number of nitriles is 1. The Balaban J connectivity index is 2.01. The lowest BCUT2D eigenvalue weighted by Crippen LogP contribution is -2.35. The fraction of sp³-hybridized carbons (Fsp3) is 0.500. The van der Waals surface area contributed by atoms with E-state index in [1.54, 1.807) is 18.2 Å². The quantitative estimate of drug-likeness (QED) is 0.829. The van der Waals surface area contributed by atoms with Crippen molar-refractivity contribution in [3.63, 3.8) is 0 Å². The number of rotatable bonds is 5. The third-order valence-electron chi connectivity index (χ3n) is 3.56. The zero-order valence-electron chi connectivity index (χ0n) is 11.4. The minimum absolute atomic E-state index is 0.0968. The van der Waals surface area contributed by atoms with E-state index in [0.717, 1.165) is 17.9 Å². The van der Waals surface area contributed by atoms with Crippen molar-refractivity contribution in [2.45, 2.75) is 17.4 Å². The first-order valence-corrected chi connectivity index (χ1v) is 9.34. The molecule has 1 unspecified atom stereocenters. The van der Waals surface area contributed by atoms with Crippen molar-refractivity contribution < 1.29 is 8.42 Å². The monoisotopic (exact) mass is 310 g/mol. The summed E-state index contributed by atoms with van der Waals surface area (Å²) >= 11 is 1.92. The molecule has 1 aromatic rings. The zero-order valence-corrected chi connectivity index (χ0v) is 13.1. The van der Waals surface area contributed by atoms with Gasteiger partial charge in [0.25, 0.3) is 0 Å². The first-order valence-electron chi connectivity index (χ1n) is 6.54. The third-order valence-corrected chi connectivity index (χ3v) is 6.40. The Kier molecular flexibility index (Phi) is 5.08. The van der Waals surface area contributed by atoms with Crippen LogP contribution in [0.5, 0.6) is 0 Å². The van der Waals surface area contributed by atoms with Crippen LogP contribution in [-0.2, 0) is 9.84 Å². The molecule has 2 rings (SSSR count). The molecule has 0 amide bonds. The number of thioether (sulfide) groups is 1. The van der Waals surface area contributed by atoms with Gasteiger partial charge in [0.2, 0.25) is 0 Å². The van der Waals surface area contributed by atoms with Crippen LogP contribution in [0.3, 0.4) is 0 Å². The summed E-state index contributed by atoms with van der Waals surface area (Å²) in [5, 5.41) is 8.83. The molecule has 4 nitrogen and oxygen atoms in total.